The van der Waals surface area contributed by atoms with Gasteiger partial charge in [-0.3, -0.25) is 0 Å². The molecule has 2 rings (SSSR count). The van der Waals surface area contributed by atoms with Gasteiger partial charge < -0.3 is 0 Å². The molecule has 0 saturated carbocycles. The monoisotopic (exact) mass is 148 g/mol. The quantitative estimate of drug-likeness (QED) is 0.553. The molecule has 2 aromatic heterocycles. The number of hydrogen-bond donors (Lipinski definition) is 0. The summed E-state index contributed by atoms with van der Waals surface area (Å²) in [5, 5.41) is 4.04. The van der Waals surface area contributed by atoms with Crippen molar-refractivity contribution in [3.63, 3.8) is 0 Å². The number of imidazole rings is 1. The third-order valence-electron chi connectivity index (χ3n) is 1.65. The maximum absolute atomic E-state index is 4.16. The summed E-state index contributed by atoms with van der Waals surface area (Å²) in [6, 6.07) is 0. The molecule has 11 heavy (non-hydrogen) atoms. The molecule has 0 aliphatic heterocycles. The minimum absolute atomic E-state index is 0.838. The molecular formula is C7H8N4. The van der Waals surface area contributed by atoms with E-state index in [-0.39, 0.29) is 0 Å². The predicted octanol–water partition coefficient (Wildman–Crippen LogP) is 0.741. The van der Waals surface area contributed by atoms with Crippen LogP contribution in [0.15, 0.2) is 12.5 Å². The highest BCUT2D eigenvalue weighted by atomic mass is 15.3. The van der Waals surface area contributed by atoms with Crippen molar-refractivity contribution in [3.8, 4) is 0 Å². The van der Waals surface area contributed by atoms with Crippen molar-refractivity contribution in [2.45, 2.75) is 13.8 Å². The molecule has 4 heteroatoms. The van der Waals surface area contributed by atoms with Crippen LogP contribution in [0.2, 0.25) is 0 Å². The smallest absolute Gasteiger partial charge is 0.175 e. The maximum atomic E-state index is 4.16. The lowest BCUT2D eigenvalue weighted by Crippen LogP contribution is -1.96. The van der Waals surface area contributed by atoms with Crippen molar-refractivity contribution in [3.05, 3.63) is 23.9 Å². The second-order valence-electron chi connectivity index (χ2n) is 2.48. The molecule has 2 heterocycles. The van der Waals surface area contributed by atoms with Crippen LogP contribution in [0.25, 0.3) is 5.65 Å². The lowest BCUT2D eigenvalue weighted by molar-refractivity contribution is 0.855. The minimum atomic E-state index is 0.838. The molecule has 0 aliphatic carbocycles. The van der Waals surface area contributed by atoms with E-state index in [1.807, 2.05) is 13.8 Å². The van der Waals surface area contributed by atoms with Gasteiger partial charge in [0.2, 0.25) is 0 Å². The van der Waals surface area contributed by atoms with Gasteiger partial charge in [-0.1, -0.05) is 0 Å². The van der Waals surface area contributed by atoms with E-state index in [0.717, 1.165) is 17.0 Å². The minimum Gasteiger partial charge on any atom is -0.236 e. The first-order valence-corrected chi connectivity index (χ1v) is 3.41. The number of fused-ring (bicyclic) bond motifs is 1. The van der Waals surface area contributed by atoms with E-state index in [9.17, 15) is 0 Å². The largest absolute Gasteiger partial charge is 0.236 e. The molecule has 0 aliphatic rings. The van der Waals surface area contributed by atoms with Gasteiger partial charge in [-0.05, 0) is 13.8 Å². The topological polar surface area (TPSA) is 43.1 Å². The van der Waals surface area contributed by atoms with Crippen LogP contribution in [-0.4, -0.2) is 19.6 Å². The second kappa shape index (κ2) is 2.02. The summed E-state index contributed by atoms with van der Waals surface area (Å²) in [5.41, 5.74) is 2.78. The van der Waals surface area contributed by atoms with Crippen LogP contribution >= 0.6 is 0 Å². The lowest BCUT2D eigenvalue weighted by atomic mass is 10.5. The van der Waals surface area contributed by atoms with Gasteiger partial charge in [0.1, 0.15) is 6.33 Å². The molecule has 0 radical (unpaired) electrons. The van der Waals surface area contributed by atoms with Gasteiger partial charge in [0, 0.05) is 0 Å². The highest BCUT2D eigenvalue weighted by molar-refractivity contribution is 5.42. The molecule has 0 aromatic carbocycles. The zero-order chi connectivity index (χ0) is 7.84. The zero-order valence-electron chi connectivity index (χ0n) is 6.44. The fourth-order valence-corrected chi connectivity index (χ4v) is 1.05. The van der Waals surface area contributed by atoms with Crippen molar-refractivity contribution in [2.75, 3.05) is 0 Å². The average molecular weight is 148 g/mol. The molecule has 2 aromatic rings. The van der Waals surface area contributed by atoms with E-state index in [1.54, 1.807) is 10.7 Å². The van der Waals surface area contributed by atoms with Crippen molar-refractivity contribution in [1.29, 1.82) is 0 Å². The number of hydrogen-bond acceptors (Lipinski definition) is 3. The van der Waals surface area contributed by atoms with Crippen LogP contribution in [0.1, 0.15) is 11.4 Å². The van der Waals surface area contributed by atoms with Crippen molar-refractivity contribution >= 4 is 5.65 Å². The van der Waals surface area contributed by atoms with Gasteiger partial charge in [0.15, 0.2) is 5.65 Å². The summed E-state index contributed by atoms with van der Waals surface area (Å²) < 4.78 is 1.78. The molecular weight excluding hydrogens is 140 g/mol. The summed E-state index contributed by atoms with van der Waals surface area (Å²) >= 11 is 0. The van der Waals surface area contributed by atoms with E-state index in [1.165, 1.54) is 6.33 Å². The van der Waals surface area contributed by atoms with Gasteiger partial charge in [-0.2, -0.15) is 5.10 Å². The number of nitrogens with zero attached hydrogens (tertiary/aromatic N) is 4. The average Bonchev–Trinajstić information content (AvgIpc) is 2.35. The Morgan fingerprint density at radius 1 is 1.27 bits per heavy atom. The molecule has 0 unspecified atom stereocenters. The summed E-state index contributed by atoms with van der Waals surface area (Å²) in [6.07, 6.45) is 3.33. The van der Waals surface area contributed by atoms with Crippen LogP contribution in [0.4, 0.5) is 0 Å². The van der Waals surface area contributed by atoms with Gasteiger partial charge in [0.25, 0.3) is 0 Å². The Hall–Kier alpha value is -1.45. The summed E-state index contributed by atoms with van der Waals surface area (Å²) in [5.74, 6) is 0. The Morgan fingerprint density at radius 3 is 2.82 bits per heavy atom. The molecule has 56 valence electrons. The van der Waals surface area contributed by atoms with Gasteiger partial charge >= 0.3 is 0 Å². The highest BCUT2D eigenvalue weighted by Crippen LogP contribution is 2.04. The third kappa shape index (κ3) is 0.790. The van der Waals surface area contributed by atoms with Crippen LogP contribution < -0.4 is 0 Å². The lowest BCUT2D eigenvalue weighted by Gasteiger charge is -1.94. The Labute approximate surface area is 63.9 Å². The van der Waals surface area contributed by atoms with Crippen molar-refractivity contribution in [2.24, 2.45) is 0 Å². The van der Waals surface area contributed by atoms with Crippen LogP contribution in [0.3, 0.4) is 0 Å². The third-order valence-corrected chi connectivity index (χ3v) is 1.65. The molecule has 0 fully saturated rings. The normalized spacial score (nSPS) is 10.7. The van der Waals surface area contributed by atoms with E-state index in [0.29, 0.717) is 0 Å². The SMILES string of the molecule is Cc1ncnn2c(C)cnc12. The Kier molecular flexibility index (Phi) is 1.15. The molecule has 4 nitrogen and oxygen atoms in total. The molecule has 0 saturated heterocycles. The van der Waals surface area contributed by atoms with Crippen LogP contribution in [-0.2, 0) is 0 Å². The van der Waals surface area contributed by atoms with Crippen molar-refractivity contribution < 1.29 is 0 Å². The Bertz CT molecular complexity index is 390. The summed E-state index contributed by atoms with van der Waals surface area (Å²) in [6.45, 7) is 3.88. The van der Waals surface area contributed by atoms with Gasteiger partial charge in [0.05, 0.1) is 17.6 Å². The number of aromatic nitrogens is 4. The summed E-state index contributed by atoms with van der Waals surface area (Å²) in [4.78, 5) is 8.18. The zero-order valence-corrected chi connectivity index (χ0v) is 6.44. The first-order valence-electron chi connectivity index (χ1n) is 3.41. The standard InChI is InChI=1S/C7H8N4/c1-5-3-8-7-6(2)9-4-10-11(5)7/h3-4H,1-2H3. The Balaban J connectivity index is 2.94. The van der Waals surface area contributed by atoms with E-state index < -0.39 is 0 Å². The van der Waals surface area contributed by atoms with Crippen molar-refractivity contribution in [1.82, 2.24) is 19.6 Å². The summed E-state index contributed by atoms with van der Waals surface area (Å²) in [7, 11) is 0. The van der Waals surface area contributed by atoms with Crippen LogP contribution in [0.5, 0.6) is 0 Å². The fourth-order valence-electron chi connectivity index (χ4n) is 1.05. The maximum Gasteiger partial charge on any atom is 0.175 e. The first-order chi connectivity index (χ1) is 5.29. The second-order valence-corrected chi connectivity index (χ2v) is 2.48. The Morgan fingerprint density at radius 2 is 2.09 bits per heavy atom. The molecule has 0 amide bonds. The van der Waals surface area contributed by atoms with E-state index >= 15 is 0 Å². The first kappa shape index (κ1) is 6.27. The van der Waals surface area contributed by atoms with E-state index in [4.69, 9.17) is 0 Å². The molecule has 0 atom stereocenters. The number of rotatable bonds is 0. The molecule has 0 spiro atoms. The fraction of sp³-hybridized carbons (Fsp3) is 0.286. The molecule has 0 bridgehead atoms. The van der Waals surface area contributed by atoms with E-state index in [2.05, 4.69) is 15.1 Å². The van der Waals surface area contributed by atoms with Gasteiger partial charge in [-0.15, -0.1) is 0 Å². The number of aryl methyl sites for hydroxylation is 2. The van der Waals surface area contributed by atoms with Gasteiger partial charge in [-0.25, -0.2) is 14.5 Å². The highest BCUT2D eigenvalue weighted by Gasteiger charge is 2.01. The predicted molar refractivity (Wildman–Crippen MR) is 40.3 cm³/mol. The molecule has 0 N–H and O–H groups in total. The van der Waals surface area contributed by atoms with Crippen LogP contribution in [0, 0.1) is 13.8 Å².